The maximum absolute atomic E-state index is 12.8. The first-order chi connectivity index (χ1) is 11.7. The summed E-state index contributed by atoms with van der Waals surface area (Å²) in [6.45, 7) is 0.186. The maximum atomic E-state index is 12.8. The summed E-state index contributed by atoms with van der Waals surface area (Å²) < 4.78 is 0. The van der Waals surface area contributed by atoms with Crippen LogP contribution in [0.25, 0.3) is 10.8 Å². The van der Waals surface area contributed by atoms with Crippen molar-refractivity contribution in [2.75, 3.05) is 0 Å². The molecule has 0 bridgehead atoms. The Morgan fingerprint density at radius 3 is 1.83 bits per heavy atom. The highest BCUT2D eigenvalue weighted by molar-refractivity contribution is 6.25. The zero-order valence-electron chi connectivity index (χ0n) is 12.9. The smallest absolute Gasteiger partial charge is 0.261 e. The van der Waals surface area contributed by atoms with Gasteiger partial charge in [0.15, 0.2) is 0 Å². The number of imide groups is 1. The number of amides is 2. The minimum Gasteiger partial charge on any atom is -0.392 e. The number of nitrogens with zero attached hydrogens (tertiary/aromatic N) is 1. The van der Waals surface area contributed by atoms with Gasteiger partial charge < -0.3 is 5.11 Å². The molecule has 0 spiro atoms. The van der Waals surface area contributed by atoms with Gasteiger partial charge in [-0.2, -0.15) is 0 Å². The van der Waals surface area contributed by atoms with E-state index in [2.05, 4.69) is 0 Å². The molecule has 0 atom stereocenters. The summed E-state index contributed by atoms with van der Waals surface area (Å²) >= 11 is 0. The molecule has 1 heterocycles. The van der Waals surface area contributed by atoms with E-state index in [0.717, 1.165) is 21.9 Å². The zero-order chi connectivity index (χ0) is 16.7. The summed E-state index contributed by atoms with van der Waals surface area (Å²) in [5.74, 6) is -0.536. The molecule has 0 unspecified atom stereocenters. The van der Waals surface area contributed by atoms with Crippen molar-refractivity contribution < 1.29 is 14.7 Å². The average Bonchev–Trinajstić information content (AvgIpc) is 2.63. The highest BCUT2D eigenvalue weighted by Crippen LogP contribution is 2.30. The predicted molar refractivity (Wildman–Crippen MR) is 90.5 cm³/mol. The summed E-state index contributed by atoms with van der Waals surface area (Å²) in [6, 6.07) is 18.3. The first-order valence-corrected chi connectivity index (χ1v) is 7.75. The van der Waals surface area contributed by atoms with Crippen molar-refractivity contribution in [1.82, 2.24) is 4.90 Å². The van der Waals surface area contributed by atoms with Gasteiger partial charge in [-0.15, -0.1) is 0 Å². The Hall–Kier alpha value is -2.98. The van der Waals surface area contributed by atoms with Gasteiger partial charge in [0.25, 0.3) is 11.8 Å². The molecule has 0 radical (unpaired) electrons. The predicted octanol–water partition coefficient (Wildman–Crippen LogP) is 3.13. The second-order valence-electron chi connectivity index (χ2n) is 5.88. The number of aliphatic hydroxyl groups is 1. The first-order valence-electron chi connectivity index (χ1n) is 7.75. The fourth-order valence-corrected chi connectivity index (χ4v) is 3.16. The number of hydrogen-bond donors (Lipinski definition) is 1. The molecular weight excluding hydrogens is 302 g/mol. The van der Waals surface area contributed by atoms with Crippen molar-refractivity contribution in [3.63, 3.8) is 0 Å². The molecule has 2 amide bonds. The van der Waals surface area contributed by atoms with E-state index in [1.54, 1.807) is 24.3 Å². The van der Waals surface area contributed by atoms with Gasteiger partial charge >= 0.3 is 0 Å². The van der Waals surface area contributed by atoms with E-state index < -0.39 is 0 Å². The van der Waals surface area contributed by atoms with Gasteiger partial charge in [-0.05, 0) is 28.6 Å². The van der Waals surface area contributed by atoms with Gasteiger partial charge in [-0.1, -0.05) is 48.5 Å². The zero-order valence-corrected chi connectivity index (χ0v) is 12.9. The second kappa shape index (κ2) is 5.58. The Labute approximate surface area is 139 Å². The van der Waals surface area contributed by atoms with Crippen LogP contribution in [0.3, 0.4) is 0 Å². The molecule has 4 rings (SSSR count). The lowest BCUT2D eigenvalue weighted by Gasteiger charge is -2.27. The van der Waals surface area contributed by atoms with E-state index in [1.165, 1.54) is 4.90 Å². The maximum Gasteiger partial charge on any atom is 0.261 e. The van der Waals surface area contributed by atoms with Crippen LogP contribution >= 0.6 is 0 Å². The lowest BCUT2D eigenvalue weighted by Crippen LogP contribution is -2.39. The SMILES string of the molecule is O=C1c2cccc3cccc(c23)C(=O)N1Cc1ccc(CO)cc1. The minimum atomic E-state index is -0.268. The number of hydrogen-bond acceptors (Lipinski definition) is 3. The highest BCUT2D eigenvalue weighted by atomic mass is 16.3. The van der Waals surface area contributed by atoms with E-state index in [9.17, 15) is 9.59 Å². The molecule has 4 nitrogen and oxygen atoms in total. The van der Waals surface area contributed by atoms with E-state index in [4.69, 9.17) is 5.11 Å². The number of benzene rings is 3. The van der Waals surface area contributed by atoms with Crippen molar-refractivity contribution in [1.29, 1.82) is 0 Å². The first kappa shape index (κ1) is 14.6. The monoisotopic (exact) mass is 317 g/mol. The third-order valence-corrected chi connectivity index (χ3v) is 4.40. The standard InChI is InChI=1S/C20H15NO3/c22-12-14-9-7-13(8-10-14)11-21-19(23)16-5-1-3-15-4-2-6-17(18(15)16)20(21)24/h1-10,22H,11-12H2. The van der Waals surface area contributed by atoms with Gasteiger partial charge in [0, 0.05) is 16.5 Å². The van der Waals surface area contributed by atoms with Gasteiger partial charge in [0.05, 0.1) is 13.2 Å². The van der Waals surface area contributed by atoms with Crippen molar-refractivity contribution in [2.24, 2.45) is 0 Å². The molecule has 3 aromatic carbocycles. The normalized spacial score (nSPS) is 13.6. The number of rotatable bonds is 3. The minimum absolute atomic E-state index is 0.0305. The van der Waals surface area contributed by atoms with Crippen molar-refractivity contribution in [3.8, 4) is 0 Å². The number of carbonyl (C=O) groups is 2. The van der Waals surface area contributed by atoms with Crippen LogP contribution in [-0.2, 0) is 13.2 Å². The van der Waals surface area contributed by atoms with Crippen LogP contribution in [0.5, 0.6) is 0 Å². The van der Waals surface area contributed by atoms with E-state index >= 15 is 0 Å². The molecule has 1 N–H and O–H groups in total. The van der Waals surface area contributed by atoms with Crippen molar-refractivity contribution in [2.45, 2.75) is 13.2 Å². The van der Waals surface area contributed by atoms with Crippen LogP contribution in [0.1, 0.15) is 31.8 Å². The van der Waals surface area contributed by atoms with Gasteiger partial charge in [-0.3, -0.25) is 14.5 Å². The second-order valence-corrected chi connectivity index (χ2v) is 5.88. The molecule has 4 heteroatoms. The van der Waals surface area contributed by atoms with Gasteiger partial charge in [0.1, 0.15) is 0 Å². The molecule has 1 aliphatic heterocycles. The highest BCUT2D eigenvalue weighted by Gasteiger charge is 2.32. The average molecular weight is 317 g/mol. The van der Waals surface area contributed by atoms with Crippen LogP contribution in [0.4, 0.5) is 0 Å². The molecule has 0 aromatic heterocycles. The van der Waals surface area contributed by atoms with E-state index in [0.29, 0.717) is 11.1 Å². The fraction of sp³-hybridized carbons (Fsp3) is 0.100. The van der Waals surface area contributed by atoms with Gasteiger partial charge in [-0.25, -0.2) is 0 Å². The van der Waals surface area contributed by atoms with Crippen LogP contribution in [0.2, 0.25) is 0 Å². The Bertz CT molecular complexity index is 910. The molecule has 3 aromatic rings. The Kier molecular flexibility index (Phi) is 3.40. The third kappa shape index (κ3) is 2.20. The van der Waals surface area contributed by atoms with Gasteiger partial charge in [0.2, 0.25) is 0 Å². The molecule has 0 saturated carbocycles. The topological polar surface area (TPSA) is 57.6 Å². The fourth-order valence-electron chi connectivity index (χ4n) is 3.16. The van der Waals surface area contributed by atoms with Crippen LogP contribution in [-0.4, -0.2) is 21.8 Å². The number of aliphatic hydroxyl groups excluding tert-OH is 1. The molecule has 118 valence electrons. The number of carbonyl (C=O) groups excluding carboxylic acids is 2. The Balaban J connectivity index is 1.76. The summed E-state index contributed by atoms with van der Waals surface area (Å²) in [6.07, 6.45) is 0. The van der Waals surface area contributed by atoms with E-state index in [-0.39, 0.29) is 25.0 Å². The van der Waals surface area contributed by atoms with Crippen LogP contribution in [0, 0.1) is 0 Å². The summed E-state index contributed by atoms with van der Waals surface area (Å²) in [4.78, 5) is 26.9. The summed E-state index contributed by atoms with van der Waals surface area (Å²) in [7, 11) is 0. The third-order valence-electron chi connectivity index (χ3n) is 4.40. The lowest BCUT2D eigenvalue weighted by atomic mass is 9.94. The molecule has 24 heavy (non-hydrogen) atoms. The van der Waals surface area contributed by atoms with E-state index in [1.807, 2.05) is 36.4 Å². The largest absolute Gasteiger partial charge is 0.392 e. The Morgan fingerprint density at radius 2 is 1.29 bits per heavy atom. The van der Waals surface area contributed by atoms with Crippen molar-refractivity contribution in [3.05, 3.63) is 82.9 Å². The lowest BCUT2D eigenvalue weighted by molar-refractivity contribution is 0.0598. The molecule has 0 saturated heterocycles. The summed E-state index contributed by atoms with van der Waals surface area (Å²) in [5, 5.41) is 10.7. The molecular formula is C20H15NO3. The molecule has 0 aliphatic carbocycles. The van der Waals surface area contributed by atoms with Crippen molar-refractivity contribution >= 4 is 22.6 Å². The molecule has 0 fully saturated rings. The van der Waals surface area contributed by atoms with Crippen LogP contribution < -0.4 is 0 Å². The molecule has 1 aliphatic rings. The summed E-state index contributed by atoms with van der Waals surface area (Å²) in [5.41, 5.74) is 2.77. The van der Waals surface area contributed by atoms with Crippen LogP contribution in [0.15, 0.2) is 60.7 Å². The Morgan fingerprint density at radius 1 is 0.750 bits per heavy atom. The quantitative estimate of drug-likeness (QED) is 0.755.